The normalized spacial score (nSPS) is 15.9. The summed E-state index contributed by atoms with van der Waals surface area (Å²) in [5.74, 6) is 0. The third-order valence-electron chi connectivity index (χ3n) is 7.28. The number of hydrogen-bond donors (Lipinski definition) is 0. The van der Waals surface area contributed by atoms with Crippen LogP contribution in [0.5, 0.6) is 0 Å². The Hall–Kier alpha value is -0.660. The molecule has 1 aliphatic rings. The van der Waals surface area contributed by atoms with Gasteiger partial charge in [-0.15, -0.1) is 0 Å². The molecule has 0 aromatic rings. The summed E-state index contributed by atoms with van der Waals surface area (Å²) in [6.07, 6.45) is 36.7. The van der Waals surface area contributed by atoms with Gasteiger partial charge in [-0.05, 0) is 25.7 Å². The first kappa shape index (κ1) is 29.4. The Balaban J connectivity index is 2.08. The first-order chi connectivity index (χ1) is 15.8. The van der Waals surface area contributed by atoms with Crippen molar-refractivity contribution in [3.05, 3.63) is 12.4 Å². The summed E-state index contributed by atoms with van der Waals surface area (Å²) in [5.41, 5.74) is 0. The van der Waals surface area contributed by atoms with Gasteiger partial charge in [-0.3, -0.25) is 0 Å². The van der Waals surface area contributed by atoms with E-state index in [2.05, 4.69) is 43.0 Å². The van der Waals surface area contributed by atoms with Crippen molar-refractivity contribution in [2.45, 2.75) is 168 Å². The summed E-state index contributed by atoms with van der Waals surface area (Å²) in [7, 11) is 0. The molecule has 1 rings (SSSR count). The molecule has 190 valence electrons. The lowest BCUT2D eigenvalue weighted by Crippen LogP contribution is -2.39. The zero-order valence-corrected chi connectivity index (χ0v) is 22.6. The number of hydrogen-bond acceptors (Lipinski definition) is 2. The minimum Gasteiger partial charge on any atom is -0.356 e. The molecule has 0 saturated carbocycles. The molecule has 1 atom stereocenters. The maximum atomic E-state index is 2.66. The maximum absolute atomic E-state index is 2.66. The van der Waals surface area contributed by atoms with Crippen molar-refractivity contribution in [1.29, 1.82) is 0 Å². The average Bonchev–Trinajstić information content (AvgIpc) is 3.18. The summed E-state index contributed by atoms with van der Waals surface area (Å²) in [5, 5.41) is 0. The van der Waals surface area contributed by atoms with Crippen molar-refractivity contribution >= 4 is 0 Å². The molecule has 0 fully saturated rings. The van der Waals surface area contributed by atoms with Crippen molar-refractivity contribution in [3.63, 3.8) is 0 Å². The van der Waals surface area contributed by atoms with Crippen LogP contribution in [0.2, 0.25) is 0 Å². The molecule has 0 aromatic carbocycles. The van der Waals surface area contributed by atoms with Crippen LogP contribution >= 0.6 is 0 Å². The number of unbranched alkanes of at least 4 members (excludes halogenated alkanes) is 18. The molecule has 1 unspecified atom stereocenters. The Morgan fingerprint density at radius 2 is 0.781 bits per heavy atom. The highest BCUT2D eigenvalue weighted by Gasteiger charge is 2.24. The minimum absolute atomic E-state index is 0.641. The molecule has 0 aliphatic carbocycles. The highest BCUT2D eigenvalue weighted by Crippen LogP contribution is 2.23. The van der Waals surface area contributed by atoms with Gasteiger partial charge in [0.25, 0.3) is 0 Å². The Labute approximate surface area is 203 Å². The summed E-state index contributed by atoms with van der Waals surface area (Å²) >= 11 is 0. The van der Waals surface area contributed by atoms with Gasteiger partial charge in [0.2, 0.25) is 0 Å². The monoisotopic (exact) mass is 448 g/mol. The largest absolute Gasteiger partial charge is 0.356 e. The molecule has 0 saturated heterocycles. The van der Waals surface area contributed by atoms with Gasteiger partial charge < -0.3 is 9.80 Å². The summed E-state index contributed by atoms with van der Waals surface area (Å²) in [6, 6.07) is 0. The molecule has 1 aliphatic heterocycles. The van der Waals surface area contributed by atoms with Crippen LogP contribution in [0, 0.1) is 0 Å². The quantitative estimate of drug-likeness (QED) is 0.135. The Morgan fingerprint density at radius 3 is 1.22 bits per heavy atom. The third-order valence-corrected chi connectivity index (χ3v) is 7.28. The van der Waals surface area contributed by atoms with E-state index in [4.69, 9.17) is 0 Å². The molecule has 2 heteroatoms. The fourth-order valence-electron chi connectivity index (χ4n) is 5.19. The SMILES string of the molecule is CCCCCCCCCCCCCN1C=CN(CCC)C1CCCCCCCCCCC. The molecular weight excluding hydrogens is 388 g/mol. The van der Waals surface area contributed by atoms with E-state index in [0.717, 1.165) is 0 Å². The summed E-state index contributed by atoms with van der Waals surface area (Å²) < 4.78 is 0. The van der Waals surface area contributed by atoms with Gasteiger partial charge in [0, 0.05) is 25.5 Å². The van der Waals surface area contributed by atoms with Crippen molar-refractivity contribution in [2.75, 3.05) is 13.1 Å². The van der Waals surface area contributed by atoms with Crippen LogP contribution in [0.3, 0.4) is 0 Å². The van der Waals surface area contributed by atoms with E-state index in [-0.39, 0.29) is 0 Å². The standard InChI is InChI=1S/C30H60N2/c1-4-7-9-11-13-15-16-18-20-22-24-27-32-29-28-31(26-6-3)30(32)25-23-21-19-17-14-12-10-8-5-2/h28-30H,4-27H2,1-3H3. The molecule has 2 nitrogen and oxygen atoms in total. The van der Waals surface area contributed by atoms with E-state index in [1.165, 1.54) is 154 Å². The molecule has 0 bridgehead atoms. The molecule has 32 heavy (non-hydrogen) atoms. The molecule has 0 amide bonds. The molecule has 0 radical (unpaired) electrons. The second kappa shape index (κ2) is 22.1. The molecule has 0 N–H and O–H groups in total. The van der Waals surface area contributed by atoms with Gasteiger partial charge in [-0.25, -0.2) is 0 Å². The number of nitrogens with zero attached hydrogens (tertiary/aromatic N) is 2. The lowest BCUT2D eigenvalue weighted by Gasteiger charge is -2.33. The van der Waals surface area contributed by atoms with Crippen LogP contribution in [-0.4, -0.2) is 29.1 Å². The summed E-state index contributed by atoms with van der Waals surface area (Å²) in [4.78, 5) is 5.28. The lowest BCUT2D eigenvalue weighted by atomic mass is 10.0. The Kier molecular flexibility index (Phi) is 20.3. The minimum atomic E-state index is 0.641. The van der Waals surface area contributed by atoms with Crippen LogP contribution in [0.15, 0.2) is 12.4 Å². The van der Waals surface area contributed by atoms with E-state index in [1.54, 1.807) is 0 Å². The van der Waals surface area contributed by atoms with Gasteiger partial charge in [-0.2, -0.15) is 0 Å². The van der Waals surface area contributed by atoms with Gasteiger partial charge >= 0.3 is 0 Å². The highest BCUT2D eigenvalue weighted by atomic mass is 15.4. The smallest absolute Gasteiger partial charge is 0.101 e. The second-order valence-electron chi connectivity index (χ2n) is 10.4. The van der Waals surface area contributed by atoms with Gasteiger partial charge in [0.05, 0.1) is 0 Å². The zero-order valence-electron chi connectivity index (χ0n) is 22.6. The second-order valence-corrected chi connectivity index (χ2v) is 10.4. The first-order valence-electron chi connectivity index (χ1n) is 15.0. The average molecular weight is 449 g/mol. The molecular formula is C30H60N2. The fraction of sp³-hybridized carbons (Fsp3) is 0.933. The number of rotatable bonds is 24. The zero-order chi connectivity index (χ0) is 23.1. The lowest BCUT2D eigenvalue weighted by molar-refractivity contribution is 0.137. The van der Waals surface area contributed by atoms with E-state index in [9.17, 15) is 0 Å². The fourth-order valence-corrected chi connectivity index (χ4v) is 5.19. The van der Waals surface area contributed by atoms with Crippen LogP contribution < -0.4 is 0 Å². The van der Waals surface area contributed by atoms with Crippen LogP contribution in [-0.2, 0) is 0 Å². The van der Waals surface area contributed by atoms with E-state index >= 15 is 0 Å². The van der Waals surface area contributed by atoms with Gasteiger partial charge in [-0.1, -0.05) is 136 Å². The maximum Gasteiger partial charge on any atom is 0.101 e. The summed E-state index contributed by atoms with van der Waals surface area (Å²) in [6.45, 7) is 9.40. The highest BCUT2D eigenvalue weighted by molar-refractivity contribution is 4.96. The van der Waals surface area contributed by atoms with Crippen molar-refractivity contribution in [1.82, 2.24) is 9.80 Å². The molecule has 1 heterocycles. The van der Waals surface area contributed by atoms with Gasteiger partial charge in [0.1, 0.15) is 6.17 Å². The predicted octanol–water partition coefficient (Wildman–Crippen LogP) is 10.0. The van der Waals surface area contributed by atoms with E-state index < -0.39 is 0 Å². The van der Waals surface area contributed by atoms with Crippen LogP contribution in [0.4, 0.5) is 0 Å². The predicted molar refractivity (Wildman–Crippen MR) is 145 cm³/mol. The van der Waals surface area contributed by atoms with Gasteiger partial charge in [0.15, 0.2) is 0 Å². The van der Waals surface area contributed by atoms with Crippen LogP contribution in [0.1, 0.15) is 162 Å². The van der Waals surface area contributed by atoms with E-state index in [0.29, 0.717) is 6.17 Å². The third kappa shape index (κ3) is 15.2. The van der Waals surface area contributed by atoms with E-state index in [1.807, 2.05) is 0 Å². The topological polar surface area (TPSA) is 6.48 Å². The molecule has 0 spiro atoms. The Morgan fingerprint density at radius 1 is 0.406 bits per heavy atom. The first-order valence-corrected chi connectivity index (χ1v) is 15.0. The van der Waals surface area contributed by atoms with Crippen LogP contribution in [0.25, 0.3) is 0 Å². The van der Waals surface area contributed by atoms with Crippen molar-refractivity contribution < 1.29 is 0 Å². The Bertz CT molecular complexity index is 406. The van der Waals surface area contributed by atoms with Crippen molar-refractivity contribution in [2.24, 2.45) is 0 Å². The molecule has 0 aromatic heterocycles. The van der Waals surface area contributed by atoms with Crippen molar-refractivity contribution in [3.8, 4) is 0 Å².